The summed E-state index contributed by atoms with van der Waals surface area (Å²) >= 11 is 0. The number of benzene rings is 3. The first-order valence-electron chi connectivity index (χ1n) is 17.8. The lowest BCUT2D eigenvalue weighted by molar-refractivity contribution is -0.158. The highest BCUT2D eigenvalue weighted by Gasteiger charge is 2.22. The fourth-order valence-corrected chi connectivity index (χ4v) is 4.56. The zero-order valence-electron chi connectivity index (χ0n) is 32.7. The summed E-state index contributed by atoms with van der Waals surface area (Å²) in [6.07, 6.45) is -2.13. The third-order valence-corrected chi connectivity index (χ3v) is 7.58. The molecule has 0 saturated heterocycles. The number of rotatable bonds is 18. The Bertz CT molecular complexity index is 2180. The SMILES string of the molecule is C=C(C)C(=O)OCC(COc1ccc(C)cc1)OC(=O)Cc1ccc(C)c(CC(=O)OC(COC(=O)C(=C)C)COc2ccc(C#CC#CC#CC#CC)cc2)c1. The van der Waals surface area contributed by atoms with Crippen LogP contribution in [-0.4, -0.2) is 62.5 Å². The predicted molar refractivity (Wildman–Crippen MR) is 214 cm³/mol. The number of hydrogen-bond acceptors (Lipinski definition) is 10. The van der Waals surface area contributed by atoms with Gasteiger partial charge in [0, 0.05) is 16.7 Å². The van der Waals surface area contributed by atoms with E-state index in [2.05, 4.69) is 60.5 Å². The maximum Gasteiger partial charge on any atom is 0.333 e. The number of hydrogen-bond donors (Lipinski definition) is 0. The molecule has 2 unspecified atom stereocenters. The van der Waals surface area contributed by atoms with Crippen LogP contribution in [0.3, 0.4) is 0 Å². The Morgan fingerprint density at radius 3 is 1.63 bits per heavy atom. The molecule has 2 atom stereocenters. The third kappa shape index (κ3) is 17.3. The average molecular weight is 769 g/mol. The van der Waals surface area contributed by atoms with Crippen molar-refractivity contribution in [2.45, 2.75) is 59.7 Å². The molecular formula is C47H44O10. The Kier molecular flexibility index (Phi) is 18.3. The molecule has 3 aromatic carbocycles. The van der Waals surface area contributed by atoms with Gasteiger partial charge in [-0.2, -0.15) is 0 Å². The summed E-state index contributed by atoms with van der Waals surface area (Å²) in [4.78, 5) is 50.5. The first kappa shape index (κ1) is 44.3. The van der Waals surface area contributed by atoms with Gasteiger partial charge >= 0.3 is 23.9 Å². The van der Waals surface area contributed by atoms with Crippen LogP contribution in [0.25, 0.3) is 0 Å². The van der Waals surface area contributed by atoms with Crippen molar-refractivity contribution in [3.05, 3.63) is 119 Å². The molecule has 10 nitrogen and oxygen atoms in total. The van der Waals surface area contributed by atoms with Crippen LogP contribution in [0.1, 0.15) is 48.6 Å². The van der Waals surface area contributed by atoms with Gasteiger partial charge in [0.25, 0.3) is 0 Å². The molecular weight excluding hydrogens is 725 g/mol. The summed E-state index contributed by atoms with van der Waals surface area (Å²) in [5.74, 6) is 19.8. The van der Waals surface area contributed by atoms with E-state index in [0.717, 1.165) is 11.1 Å². The highest BCUT2D eigenvalue weighted by atomic mass is 16.6. The topological polar surface area (TPSA) is 124 Å². The van der Waals surface area contributed by atoms with Crippen molar-refractivity contribution < 1.29 is 47.6 Å². The quantitative estimate of drug-likeness (QED) is 0.0660. The summed E-state index contributed by atoms with van der Waals surface area (Å²) < 4.78 is 33.6. The molecule has 0 aromatic heterocycles. The molecule has 0 saturated carbocycles. The van der Waals surface area contributed by atoms with Crippen LogP contribution in [0.5, 0.6) is 11.5 Å². The van der Waals surface area contributed by atoms with Gasteiger partial charge in [0.1, 0.15) is 37.9 Å². The van der Waals surface area contributed by atoms with Gasteiger partial charge in [0.15, 0.2) is 12.2 Å². The summed E-state index contributed by atoms with van der Waals surface area (Å²) in [6, 6.07) is 19.5. The van der Waals surface area contributed by atoms with E-state index in [4.69, 9.17) is 28.4 Å². The molecule has 0 N–H and O–H groups in total. The van der Waals surface area contributed by atoms with E-state index in [1.54, 1.807) is 61.5 Å². The maximum atomic E-state index is 13.2. The molecule has 3 aromatic rings. The van der Waals surface area contributed by atoms with Crippen molar-refractivity contribution in [3.63, 3.8) is 0 Å². The summed E-state index contributed by atoms with van der Waals surface area (Å²) in [7, 11) is 0. The average Bonchev–Trinajstić information content (AvgIpc) is 3.18. The van der Waals surface area contributed by atoms with E-state index in [0.29, 0.717) is 28.2 Å². The Morgan fingerprint density at radius 2 is 1.11 bits per heavy atom. The molecule has 0 aliphatic carbocycles. The van der Waals surface area contributed by atoms with Crippen LogP contribution in [0, 0.1) is 61.2 Å². The number of esters is 4. The lowest BCUT2D eigenvalue weighted by Gasteiger charge is -2.20. The highest BCUT2D eigenvalue weighted by molar-refractivity contribution is 5.87. The van der Waals surface area contributed by atoms with Crippen molar-refractivity contribution in [1.82, 2.24) is 0 Å². The molecule has 0 bridgehead atoms. The molecule has 0 radical (unpaired) electrons. The van der Waals surface area contributed by atoms with Crippen molar-refractivity contribution in [3.8, 4) is 58.9 Å². The molecule has 0 aliphatic heterocycles. The second kappa shape index (κ2) is 23.6. The summed E-state index contributed by atoms with van der Waals surface area (Å²) in [5.41, 5.74) is 4.12. The molecule has 0 amide bonds. The molecule has 57 heavy (non-hydrogen) atoms. The normalized spacial score (nSPS) is 10.7. The van der Waals surface area contributed by atoms with E-state index in [-0.39, 0.29) is 50.4 Å². The molecule has 0 aliphatic rings. The van der Waals surface area contributed by atoms with Crippen molar-refractivity contribution in [2.24, 2.45) is 0 Å². The lowest BCUT2D eigenvalue weighted by Crippen LogP contribution is -2.32. The van der Waals surface area contributed by atoms with Gasteiger partial charge in [-0.25, -0.2) is 9.59 Å². The van der Waals surface area contributed by atoms with Crippen LogP contribution < -0.4 is 9.47 Å². The first-order chi connectivity index (χ1) is 27.3. The predicted octanol–water partition coefficient (Wildman–Crippen LogP) is 5.99. The Balaban J connectivity index is 1.64. The molecule has 292 valence electrons. The monoisotopic (exact) mass is 768 g/mol. The summed E-state index contributed by atoms with van der Waals surface area (Å²) in [6.45, 7) is 15.0. The van der Waals surface area contributed by atoms with Gasteiger partial charge in [-0.1, -0.05) is 60.9 Å². The van der Waals surface area contributed by atoms with Crippen molar-refractivity contribution in [2.75, 3.05) is 26.4 Å². The molecule has 10 heteroatoms. The number of carbonyl (C=O) groups is 4. The fourth-order valence-electron chi connectivity index (χ4n) is 4.56. The molecule has 0 spiro atoms. The minimum absolute atomic E-state index is 0.0575. The maximum absolute atomic E-state index is 13.2. The summed E-state index contributed by atoms with van der Waals surface area (Å²) in [5, 5.41) is 0. The van der Waals surface area contributed by atoms with E-state index in [1.807, 2.05) is 26.0 Å². The van der Waals surface area contributed by atoms with E-state index in [9.17, 15) is 19.2 Å². The third-order valence-electron chi connectivity index (χ3n) is 7.58. The van der Waals surface area contributed by atoms with Crippen molar-refractivity contribution >= 4 is 23.9 Å². The van der Waals surface area contributed by atoms with E-state index >= 15 is 0 Å². The van der Waals surface area contributed by atoms with Crippen molar-refractivity contribution in [1.29, 1.82) is 0 Å². The van der Waals surface area contributed by atoms with Crippen LogP contribution in [0.4, 0.5) is 0 Å². The Morgan fingerprint density at radius 1 is 0.614 bits per heavy atom. The molecule has 0 fully saturated rings. The minimum atomic E-state index is -0.953. The second-order valence-corrected chi connectivity index (χ2v) is 12.7. The number of aryl methyl sites for hydroxylation is 2. The van der Waals surface area contributed by atoms with Gasteiger partial charge in [-0.15, -0.1) is 0 Å². The second-order valence-electron chi connectivity index (χ2n) is 12.7. The van der Waals surface area contributed by atoms with E-state index in [1.165, 1.54) is 13.8 Å². The van der Waals surface area contributed by atoms with Crippen LogP contribution in [-0.2, 0) is 51.0 Å². The Hall–Kier alpha value is -7.14. The number of carbonyl (C=O) groups excluding carboxylic acids is 4. The van der Waals surface area contributed by atoms with Gasteiger partial charge in [0.05, 0.1) is 12.8 Å². The van der Waals surface area contributed by atoms with Gasteiger partial charge in [-0.05, 0) is 123 Å². The number of ether oxygens (including phenoxy) is 6. The van der Waals surface area contributed by atoms with Gasteiger partial charge < -0.3 is 28.4 Å². The zero-order valence-corrected chi connectivity index (χ0v) is 32.7. The molecule has 3 rings (SSSR count). The lowest BCUT2D eigenvalue weighted by atomic mass is 10.0. The van der Waals surface area contributed by atoms with Crippen LogP contribution in [0.15, 0.2) is 91.0 Å². The Labute approximate surface area is 334 Å². The minimum Gasteiger partial charge on any atom is -0.490 e. The zero-order chi connectivity index (χ0) is 41.6. The first-order valence-corrected chi connectivity index (χ1v) is 17.8. The highest BCUT2D eigenvalue weighted by Crippen LogP contribution is 2.17. The standard InChI is InChI=1S/C47H44O10/c1-8-9-10-11-12-13-14-15-37-20-24-41(25-21-37)53-30-43(32-55-47(51)34(4)5)57-45(49)28-39-26-38(19-18-36(39)7)27-44(48)56-42(31-54-46(50)33(2)3)29-52-40-22-16-35(6)17-23-40/h16-26,42-43H,2,4,27-32H2,1,3,5-7H3. The smallest absolute Gasteiger partial charge is 0.333 e. The van der Waals surface area contributed by atoms with E-state index < -0.39 is 36.1 Å². The van der Waals surface area contributed by atoms with Crippen LogP contribution >= 0.6 is 0 Å². The van der Waals surface area contributed by atoms with Crippen LogP contribution in [0.2, 0.25) is 0 Å². The largest absolute Gasteiger partial charge is 0.490 e. The van der Waals surface area contributed by atoms with Gasteiger partial charge in [0.2, 0.25) is 0 Å². The van der Waals surface area contributed by atoms with Gasteiger partial charge in [-0.3, -0.25) is 9.59 Å². The molecule has 0 heterocycles. The fraction of sp³-hybridized carbons (Fsp3) is 0.277.